The first kappa shape index (κ1) is 17.0. The standard InChI is InChI=1S/C18H24N6O2/c1-13-16-17(22(2)21-13)19-12-20-18(16)24-7-6-23(14(10-24)5-8-25)11-15-4-3-9-26-15/h3-4,9,12,14,25H,5-8,10-11H2,1-2H3/t14-/m1/s1. The van der Waals surface area contributed by atoms with Crippen LogP contribution in [-0.2, 0) is 13.6 Å². The molecule has 0 unspecified atom stereocenters. The van der Waals surface area contributed by atoms with Gasteiger partial charge in [-0.25, -0.2) is 9.97 Å². The van der Waals surface area contributed by atoms with E-state index in [2.05, 4.69) is 24.9 Å². The maximum atomic E-state index is 9.53. The van der Waals surface area contributed by atoms with Crippen molar-refractivity contribution in [2.45, 2.75) is 25.9 Å². The highest BCUT2D eigenvalue weighted by Crippen LogP contribution is 2.28. The minimum absolute atomic E-state index is 0.165. The molecule has 3 aromatic heterocycles. The summed E-state index contributed by atoms with van der Waals surface area (Å²) in [7, 11) is 1.90. The molecule has 1 atom stereocenters. The van der Waals surface area contributed by atoms with Gasteiger partial charge in [-0.15, -0.1) is 0 Å². The lowest BCUT2D eigenvalue weighted by molar-refractivity contribution is 0.127. The molecular weight excluding hydrogens is 332 g/mol. The van der Waals surface area contributed by atoms with E-state index in [1.54, 1.807) is 17.3 Å². The summed E-state index contributed by atoms with van der Waals surface area (Å²) in [6, 6.07) is 4.14. The average Bonchev–Trinajstić information content (AvgIpc) is 3.25. The third-order valence-electron chi connectivity index (χ3n) is 5.08. The van der Waals surface area contributed by atoms with Gasteiger partial charge in [0.25, 0.3) is 0 Å². The normalized spacial score (nSPS) is 18.7. The van der Waals surface area contributed by atoms with Gasteiger partial charge >= 0.3 is 0 Å². The maximum Gasteiger partial charge on any atom is 0.163 e. The molecule has 3 aromatic rings. The summed E-state index contributed by atoms with van der Waals surface area (Å²) in [4.78, 5) is 13.6. The van der Waals surface area contributed by atoms with Gasteiger partial charge in [0.2, 0.25) is 0 Å². The second-order valence-corrected chi connectivity index (χ2v) is 6.77. The van der Waals surface area contributed by atoms with Crippen LogP contribution in [0.25, 0.3) is 11.0 Å². The molecular formula is C18H24N6O2. The van der Waals surface area contributed by atoms with Crippen molar-refractivity contribution in [3.63, 3.8) is 0 Å². The topological polar surface area (TPSA) is 83.5 Å². The summed E-state index contributed by atoms with van der Waals surface area (Å²) in [5.74, 6) is 1.88. The molecule has 0 aliphatic carbocycles. The summed E-state index contributed by atoms with van der Waals surface area (Å²) in [6.45, 7) is 5.48. The van der Waals surface area contributed by atoms with Gasteiger partial charge in [0.05, 0.1) is 23.9 Å². The Hall–Kier alpha value is -2.45. The number of fused-ring (bicyclic) bond motifs is 1. The van der Waals surface area contributed by atoms with Crippen molar-refractivity contribution >= 4 is 16.9 Å². The van der Waals surface area contributed by atoms with Gasteiger partial charge in [0, 0.05) is 39.3 Å². The molecule has 8 nitrogen and oxygen atoms in total. The van der Waals surface area contributed by atoms with E-state index in [1.165, 1.54) is 0 Å². The number of aromatic nitrogens is 4. The van der Waals surface area contributed by atoms with E-state index in [0.29, 0.717) is 0 Å². The number of rotatable bonds is 5. The average molecular weight is 356 g/mol. The molecule has 0 spiro atoms. The van der Waals surface area contributed by atoms with E-state index < -0.39 is 0 Å². The van der Waals surface area contributed by atoms with Crippen molar-refractivity contribution in [3.8, 4) is 0 Å². The number of hydrogen-bond donors (Lipinski definition) is 1. The van der Waals surface area contributed by atoms with Crippen LogP contribution in [-0.4, -0.2) is 62.0 Å². The molecule has 1 aliphatic heterocycles. The highest BCUT2D eigenvalue weighted by atomic mass is 16.3. The van der Waals surface area contributed by atoms with Gasteiger partial charge in [-0.05, 0) is 25.5 Å². The van der Waals surface area contributed by atoms with Crippen LogP contribution in [0.5, 0.6) is 0 Å². The third kappa shape index (κ3) is 3.06. The monoisotopic (exact) mass is 356 g/mol. The molecule has 1 saturated heterocycles. The molecule has 1 N–H and O–H groups in total. The molecule has 0 saturated carbocycles. The van der Waals surface area contributed by atoms with Crippen LogP contribution in [0.1, 0.15) is 17.9 Å². The number of aliphatic hydroxyl groups is 1. The van der Waals surface area contributed by atoms with Crippen molar-refractivity contribution in [3.05, 3.63) is 36.2 Å². The first-order valence-corrected chi connectivity index (χ1v) is 8.94. The van der Waals surface area contributed by atoms with Crippen molar-refractivity contribution in [2.24, 2.45) is 7.05 Å². The molecule has 138 valence electrons. The lowest BCUT2D eigenvalue weighted by atomic mass is 10.1. The zero-order valence-corrected chi connectivity index (χ0v) is 15.2. The molecule has 0 amide bonds. The van der Waals surface area contributed by atoms with Crippen LogP contribution in [0.3, 0.4) is 0 Å². The predicted molar refractivity (Wildman–Crippen MR) is 97.9 cm³/mol. The molecule has 0 radical (unpaired) electrons. The van der Waals surface area contributed by atoms with Gasteiger partial charge in [-0.1, -0.05) is 0 Å². The van der Waals surface area contributed by atoms with Crippen LogP contribution in [0.4, 0.5) is 5.82 Å². The minimum atomic E-state index is 0.165. The Bertz CT molecular complexity index is 875. The van der Waals surface area contributed by atoms with E-state index in [-0.39, 0.29) is 12.6 Å². The Morgan fingerprint density at radius 3 is 2.96 bits per heavy atom. The van der Waals surface area contributed by atoms with Gasteiger partial charge < -0.3 is 14.4 Å². The largest absolute Gasteiger partial charge is 0.468 e. The summed E-state index contributed by atoms with van der Waals surface area (Å²) in [5, 5.41) is 15.0. The quantitative estimate of drug-likeness (QED) is 0.738. The Morgan fingerprint density at radius 1 is 1.31 bits per heavy atom. The number of piperazine rings is 1. The van der Waals surface area contributed by atoms with Crippen LogP contribution in [0.15, 0.2) is 29.1 Å². The van der Waals surface area contributed by atoms with Crippen molar-refractivity contribution in [2.75, 3.05) is 31.1 Å². The SMILES string of the molecule is Cc1nn(C)c2ncnc(N3CCN(Cc4ccco4)[C@H](CCO)C3)c12. The molecule has 4 heterocycles. The third-order valence-corrected chi connectivity index (χ3v) is 5.08. The smallest absolute Gasteiger partial charge is 0.163 e. The summed E-state index contributed by atoms with van der Waals surface area (Å²) < 4.78 is 7.30. The van der Waals surface area contributed by atoms with Crippen LogP contribution in [0, 0.1) is 6.92 Å². The lowest BCUT2D eigenvalue weighted by Gasteiger charge is -2.41. The van der Waals surface area contributed by atoms with Gasteiger partial charge in [-0.2, -0.15) is 5.10 Å². The number of anilines is 1. The minimum Gasteiger partial charge on any atom is -0.468 e. The zero-order valence-electron chi connectivity index (χ0n) is 15.2. The molecule has 0 aromatic carbocycles. The second-order valence-electron chi connectivity index (χ2n) is 6.77. The van der Waals surface area contributed by atoms with Crippen LogP contribution >= 0.6 is 0 Å². The number of hydrogen-bond acceptors (Lipinski definition) is 7. The van der Waals surface area contributed by atoms with Crippen molar-refractivity contribution < 1.29 is 9.52 Å². The Balaban J connectivity index is 1.60. The highest BCUT2D eigenvalue weighted by molar-refractivity contribution is 5.89. The van der Waals surface area contributed by atoms with Crippen LogP contribution < -0.4 is 4.90 Å². The van der Waals surface area contributed by atoms with E-state index in [4.69, 9.17) is 4.42 Å². The van der Waals surface area contributed by atoms with Crippen LogP contribution in [0.2, 0.25) is 0 Å². The molecule has 26 heavy (non-hydrogen) atoms. The number of aliphatic hydroxyl groups excluding tert-OH is 1. The van der Waals surface area contributed by atoms with Crippen molar-refractivity contribution in [1.82, 2.24) is 24.6 Å². The van der Waals surface area contributed by atoms with E-state index in [0.717, 1.165) is 60.9 Å². The van der Waals surface area contributed by atoms with Gasteiger partial charge in [0.15, 0.2) is 5.65 Å². The molecule has 1 aliphatic rings. The van der Waals surface area contributed by atoms with E-state index in [9.17, 15) is 5.11 Å². The first-order valence-electron chi connectivity index (χ1n) is 8.94. The maximum absolute atomic E-state index is 9.53. The molecule has 1 fully saturated rings. The fraction of sp³-hybridized carbons (Fsp3) is 0.500. The Kier molecular flexibility index (Phi) is 4.60. The molecule has 0 bridgehead atoms. The number of furan rings is 1. The van der Waals surface area contributed by atoms with Crippen molar-refractivity contribution in [1.29, 1.82) is 0 Å². The summed E-state index contributed by atoms with van der Waals surface area (Å²) in [5.41, 5.74) is 1.79. The summed E-state index contributed by atoms with van der Waals surface area (Å²) >= 11 is 0. The Labute approximate surface area is 152 Å². The fourth-order valence-electron chi connectivity index (χ4n) is 3.82. The second kappa shape index (κ2) is 7.05. The van der Waals surface area contributed by atoms with E-state index >= 15 is 0 Å². The fourth-order valence-corrected chi connectivity index (χ4v) is 3.82. The first-order chi connectivity index (χ1) is 12.7. The molecule has 4 rings (SSSR count). The number of aryl methyl sites for hydroxylation is 2. The number of nitrogens with zero attached hydrogens (tertiary/aromatic N) is 6. The van der Waals surface area contributed by atoms with Gasteiger partial charge in [0.1, 0.15) is 17.9 Å². The summed E-state index contributed by atoms with van der Waals surface area (Å²) in [6.07, 6.45) is 4.03. The molecule has 8 heteroatoms. The zero-order chi connectivity index (χ0) is 18.1. The predicted octanol–water partition coefficient (Wildman–Crippen LogP) is 1.34. The van der Waals surface area contributed by atoms with Gasteiger partial charge in [-0.3, -0.25) is 9.58 Å². The lowest BCUT2D eigenvalue weighted by Crippen LogP contribution is -2.53. The Morgan fingerprint density at radius 2 is 2.19 bits per heavy atom. The van der Waals surface area contributed by atoms with E-state index in [1.807, 2.05) is 26.1 Å². The highest BCUT2D eigenvalue weighted by Gasteiger charge is 2.29.